The lowest BCUT2D eigenvalue weighted by molar-refractivity contribution is -0.130. The summed E-state index contributed by atoms with van der Waals surface area (Å²) < 4.78 is 0. The lowest BCUT2D eigenvalue weighted by atomic mass is 10.1. The van der Waals surface area contributed by atoms with Crippen LogP contribution < -0.4 is 16.0 Å². The van der Waals surface area contributed by atoms with E-state index in [1.54, 1.807) is 18.2 Å². The molecule has 0 aliphatic carbocycles. The number of aromatic amines is 1. The molecule has 2 atom stereocenters. The van der Waals surface area contributed by atoms with E-state index >= 15 is 0 Å². The van der Waals surface area contributed by atoms with Crippen molar-refractivity contribution < 1.29 is 9.59 Å². The molecule has 10 nitrogen and oxygen atoms in total. The van der Waals surface area contributed by atoms with Crippen molar-refractivity contribution in [3.8, 4) is 0 Å². The van der Waals surface area contributed by atoms with Crippen molar-refractivity contribution in [1.82, 2.24) is 35.5 Å². The monoisotopic (exact) mass is 594 g/mol. The summed E-state index contributed by atoms with van der Waals surface area (Å²) in [6.07, 6.45) is 6.55. The maximum absolute atomic E-state index is 12.9. The Labute approximate surface area is 247 Å². The van der Waals surface area contributed by atoms with Crippen LogP contribution in [0.15, 0.2) is 36.7 Å². The minimum atomic E-state index is -0.355. The minimum absolute atomic E-state index is 0.132. The number of anilines is 1. The second-order valence-corrected chi connectivity index (χ2v) is 11.5. The summed E-state index contributed by atoms with van der Waals surface area (Å²) >= 11 is 12.8. The normalized spacial score (nSPS) is 17.8. The van der Waals surface area contributed by atoms with Gasteiger partial charge in [-0.25, -0.2) is 15.0 Å². The van der Waals surface area contributed by atoms with E-state index in [9.17, 15) is 9.59 Å². The van der Waals surface area contributed by atoms with E-state index in [1.807, 2.05) is 17.0 Å². The number of amides is 2. The van der Waals surface area contributed by atoms with Crippen molar-refractivity contribution >= 4 is 62.8 Å². The Kier molecular flexibility index (Phi) is 8.23. The summed E-state index contributed by atoms with van der Waals surface area (Å²) in [6.45, 7) is 3.13. The van der Waals surface area contributed by atoms with Gasteiger partial charge in [0.1, 0.15) is 18.0 Å². The van der Waals surface area contributed by atoms with Gasteiger partial charge in [-0.2, -0.15) is 0 Å². The average molecular weight is 596 g/mol. The SMILES string of the molecule is O=C(NCC1CCCN1)c1cc2ncnc(N[C@@H](CCC(=O)N3CCCC3)c3nc4cc(Cl)ccc4[nH]3)c2cc1Cl. The van der Waals surface area contributed by atoms with Crippen molar-refractivity contribution in [2.75, 3.05) is 31.5 Å². The molecule has 2 aliphatic heterocycles. The molecule has 2 aromatic heterocycles. The van der Waals surface area contributed by atoms with E-state index in [1.165, 1.54) is 6.33 Å². The number of benzene rings is 2. The van der Waals surface area contributed by atoms with E-state index in [2.05, 4.69) is 30.9 Å². The highest BCUT2D eigenvalue weighted by Gasteiger charge is 2.24. The third-order valence-electron chi connectivity index (χ3n) is 7.85. The standard InChI is InChI=1S/C29H32Cl2N8O2/c30-17-5-6-22-25(12-17)38-28(36-22)23(7-8-26(40)39-10-1-2-11-39)37-27-20-13-21(31)19(14-24(20)34-16-35-27)29(41)33-15-18-4-3-9-32-18/h5-6,12-14,16,18,23,32H,1-4,7-11,15H2,(H,33,41)(H,36,38)(H,34,35,37)/t18?,23-/m0/s1. The van der Waals surface area contributed by atoms with Crippen LogP contribution in [0.2, 0.25) is 10.0 Å². The van der Waals surface area contributed by atoms with Gasteiger partial charge in [0.05, 0.1) is 33.2 Å². The predicted molar refractivity (Wildman–Crippen MR) is 160 cm³/mol. The molecular weight excluding hydrogens is 563 g/mol. The summed E-state index contributed by atoms with van der Waals surface area (Å²) in [5.41, 5.74) is 2.54. The second kappa shape index (κ2) is 12.2. The molecular formula is C29H32Cl2N8O2. The smallest absolute Gasteiger partial charge is 0.252 e. The average Bonchev–Trinajstić information content (AvgIpc) is 3.76. The molecule has 0 spiro atoms. The minimum Gasteiger partial charge on any atom is -0.359 e. The number of fused-ring (bicyclic) bond motifs is 2. The number of nitrogens with zero attached hydrogens (tertiary/aromatic N) is 4. The van der Waals surface area contributed by atoms with Crippen molar-refractivity contribution in [1.29, 1.82) is 0 Å². The first-order valence-electron chi connectivity index (χ1n) is 14.1. The molecule has 4 aromatic rings. The van der Waals surface area contributed by atoms with Crippen LogP contribution in [0.3, 0.4) is 0 Å². The molecule has 6 rings (SSSR count). The Morgan fingerprint density at radius 2 is 1.93 bits per heavy atom. The first-order chi connectivity index (χ1) is 19.9. The van der Waals surface area contributed by atoms with Gasteiger partial charge >= 0.3 is 0 Å². The number of H-pyrrole nitrogens is 1. The molecule has 2 aliphatic rings. The van der Waals surface area contributed by atoms with Crippen LogP contribution in [0.4, 0.5) is 5.82 Å². The molecule has 2 fully saturated rings. The molecule has 4 heterocycles. The molecule has 12 heteroatoms. The summed E-state index contributed by atoms with van der Waals surface area (Å²) in [5.74, 6) is 1.10. The van der Waals surface area contributed by atoms with E-state index in [4.69, 9.17) is 28.2 Å². The topological polar surface area (TPSA) is 128 Å². The largest absolute Gasteiger partial charge is 0.359 e. The molecule has 2 aromatic carbocycles. The lowest BCUT2D eigenvalue weighted by Crippen LogP contribution is -2.37. The zero-order valence-corrected chi connectivity index (χ0v) is 24.1. The number of imidazole rings is 1. The van der Waals surface area contributed by atoms with Crippen LogP contribution in [-0.2, 0) is 4.79 Å². The maximum atomic E-state index is 12.9. The van der Waals surface area contributed by atoms with Gasteiger partial charge in [0, 0.05) is 42.5 Å². The van der Waals surface area contributed by atoms with Crippen molar-refractivity contribution in [2.24, 2.45) is 0 Å². The first-order valence-corrected chi connectivity index (χ1v) is 14.9. The summed E-state index contributed by atoms with van der Waals surface area (Å²) in [5, 5.41) is 11.4. The van der Waals surface area contributed by atoms with E-state index in [0.29, 0.717) is 57.5 Å². The van der Waals surface area contributed by atoms with Gasteiger partial charge in [0.2, 0.25) is 5.91 Å². The number of carbonyl (C=O) groups excluding carboxylic acids is 2. The summed E-state index contributed by atoms with van der Waals surface area (Å²) in [6, 6.07) is 8.83. The molecule has 0 bridgehead atoms. The van der Waals surface area contributed by atoms with Crippen LogP contribution in [-0.4, -0.2) is 68.9 Å². The van der Waals surface area contributed by atoms with E-state index < -0.39 is 0 Å². The fourth-order valence-electron chi connectivity index (χ4n) is 5.61. The quantitative estimate of drug-likeness (QED) is 0.218. The number of nitrogens with one attached hydrogen (secondary N) is 4. The molecule has 41 heavy (non-hydrogen) atoms. The van der Waals surface area contributed by atoms with Crippen molar-refractivity contribution in [2.45, 2.75) is 50.6 Å². The van der Waals surface area contributed by atoms with Gasteiger partial charge in [0.25, 0.3) is 5.91 Å². The van der Waals surface area contributed by atoms with E-state index in [0.717, 1.165) is 56.4 Å². The van der Waals surface area contributed by atoms with Crippen LogP contribution in [0, 0.1) is 0 Å². The molecule has 0 saturated carbocycles. The van der Waals surface area contributed by atoms with Crippen LogP contribution in [0.5, 0.6) is 0 Å². The highest BCUT2D eigenvalue weighted by molar-refractivity contribution is 6.35. The third-order valence-corrected chi connectivity index (χ3v) is 8.40. The Balaban J connectivity index is 1.27. The second-order valence-electron chi connectivity index (χ2n) is 10.7. The molecule has 0 radical (unpaired) electrons. The molecule has 2 saturated heterocycles. The highest BCUT2D eigenvalue weighted by atomic mass is 35.5. The molecule has 1 unspecified atom stereocenters. The zero-order chi connectivity index (χ0) is 28.3. The summed E-state index contributed by atoms with van der Waals surface area (Å²) in [7, 11) is 0. The predicted octanol–water partition coefficient (Wildman–Crippen LogP) is 4.85. The lowest BCUT2D eigenvalue weighted by Gasteiger charge is -2.20. The Hall–Kier alpha value is -3.47. The molecule has 214 valence electrons. The highest BCUT2D eigenvalue weighted by Crippen LogP contribution is 2.31. The fourth-order valence-corrected chi connectivity index (χ4v) is 6.02. The Morgan fingerprint density at radius 3 is 2.73 bits per heavy atom. The maximum Gasteiger partial charge on any atom is 0.252 e. The number of rotatable bonds is 9. The van der Waals surface area contributed by atoms with Gasteiger partial charge in [-0.3, -0.25) is 9.59 Å². The Morgan fingerprint density at radius 1 is 1.07 bits per heavy atom. The summed E-state index contributed by atoms with van der Waals surface area (Å²) in [4.78, 5) is 44.8. The number of aromatic nitrogens is 4. The van der Waals surface area contributed by atoms with Crippen LogP contribution in [0.25, 0.3) is 21.9 Å². The molecule has 4 N–H and O–H groups in total. The zero-order valence-electron chi connectivity index (χ0n) is 22.6. The van der Waals surface area contributed by atoms with E-state index in [-0.39, 0.29) is 23.9 Å². The van der Waals surface area contributed by atoms with Gasteiger partial charge in [0.15, 0.2) is 0 Å². The van der Waals surface area contributed by atoms with Crippen molar-refractivity contribution in [3.05, 3.63) is 58.1 Å². The third kappa shape index (κ3) is 6.24. The van der Waals surface area contributed by atoms with Gasteiger partial charge in [-0.05, 0) is 69.0 Å². The van der Waals surface area contributed by atoms with Gasteiger partial charge in [-0.15, -0.1) is 0 Å². The number of halogens is 2. The van der Waals surface area contributed by atoms with Gasteiger partial charge in [-0.1, -0.05) is 23.2 Å². The number of hydrogen-bond donors (Lipinski definition) is 4. The molecule has 2 amide bonds. The Bertz CT molecular complexity index is 1580. The fraction of sp³-hybridized carbons (Fsp3) is 0.414. The van der Waals surface area contributed by atoms with Crippen molar-refractivity contribution in [3.63, 3.8) is 0 Å². The van der Waals surface area contributed by atoms with Crippen LogP contribution >= 0.6 is 23.2 Å². The number of carbonyl (C=O) groups is 2. The van der Waals surface area contributed by atoms with Gasteiger partial charge < -0.3 is 25.8 Å². The number of likely N-dealkylation sites (tertiary alicyclic amines) is 1. The first kappa shape index (κ1) is 27.7. The number of hydrogen-bond acceptors (Lipinski definition) is 7. The van der Waals surface area contributed by atoms with Crippen LogP contribution in [0.1, 0.15) is 60.7 Å².